The molecule has 7 nitrogen and oxygen atoms in total. The van der Waals surface area contributed by atoms with Gasteiger partial charge in [-0.15, -0.1) is 0 Å². The smallest absolute Gasteiger partial charge is 0.325 e. The fourth-order valence-electron chi connectivity index (χ4n) is 2.10. The molecule has 0 radical (unpaired) electrons. The maximum atomic E-state index is 11.9. The molecule has 1 N–H and O–H groups in total. The van der Waals surface area contributed by atoms with Gasteiger partial charge in [0.25, 0.3) is 0 Å². The van der Waals surface area contributed by atoms with Crippen LogP contribution in [-0.2, 0) is 20.9 Å². The molecular weight excluding hydrogens is 282 g/mol. The Balaban J connectivity index is 1.98. The summed E-state index contributed by atoms with van der Waals surface area (Å²) in [6.07, 6.45) is 3.44. The van der Waals surface area contributed by atoms with Crippen molar-refractivity contribution in [1.29, 1.82) is 0 Å². The van der Waals surface area contributed by atoms with Gasteiger partial charge in [0.1, 0.15) is 6.54 Å². The molecular formula is C12H15N3O4S. The van der Waals surface area contributed by atoms with Crippen LogP contribution in [0.15, 0.2) is 12.4 Å². The highest BCUT2D eigenvalue weighted by molar-refractivity contribution is 8.13. The van der Waals surface area contributed by atoms with E-state index in [9.17, 15) is 14.4 Å². The third-order valence-corrected chi connectivity index (χ3v) is 4.00. The fourth-order valence-corrected chi connectivity index (χ4v) is 2.79. The number of anilines is 1. The van der Waals surface area contributed by atoms with Crippen LogP contribution in [0.3, 0.4) is 0 Å². The zero-order valence-corrected chi connectivity index (χ0v) is 11.8. The zero-order chi connectivity index (χ0) is 14.7. The second-order valence-electron chi connectivity index (χ2n) is 4.67. The van der Waals surface area contributed by atoms with Crippen molar-refractivity contribution in [2.45, 2.75) is 19.9 Å². The highest BCUT2D eigenvalue weighted by atomic mass is 32.2. The average Bonchev–Trinajstić information content (AvgIpc) is 2.92. The number of nitrogens with zero attached hydrogens (tertiary/aromatic N) is 3. The van der Waals surface area contributed by atoms with E-state index in [1.54, 1.807) is 11.1 Å². The molecule has 1 saturated heterocycles. The van der Waals surface area contributed by atoms with Crippen molar-refractivity contribution in [3.8, 4) is 0 Å². The van der Waals surface area contributed by atoms with Gasteiger partial charge in [-0.3, -0.25) is 19.1 Å². The molecule has 1 aliphatic heterocycles. The third-order valence-electron chi connectivity index (χ3n) is 2.96. The van der Waals surface area contributed by atoms with Gasteiger partial charge in [0.05, 0.1) is 11.9 Å². The molecule has 0 aliphatic carbocycles. The fraction of sp³-hybridized carbons (Fsp3) is 0.500. The first kappa shape index (κ1) is 14.6. The van der Waals surface area contributed by atoms with E-state index < -0.39 is 5.97 Å². The first-order valence-electron chi connectivity index (χ1n) is 6.13. The highest BCUT2D eigenvalue weighted by Crippen LogP contribution is 2.27. The van der Waals surface area contributed by atoms with E-state index in [-0.39, 0.29) is 23.5 Å². The highest BCUT2D eigenvalue weighted by Gasteiger charge is 2.31. The summed E-state index contributed by atoms with van der Waals surface area (Å²) in [5, 5.41) is 12.6. The number of thioether (sulfide) groups is 1. The topological polar surface area (TPSA) is 92.5 Å². The lowest BCUT2D eigenvalue weighted by molar-refractivity contribution is -0.137. The molecule has 108 valence electrons. The van der Waals surface area contributed by atoms with Gasteiger partial charge in [-0.05, 0) is 5.92 Å². The van der Waals surface area contributed by atoms with Crippen LogP contribution in [0.5, 0.6) is 0 Å². The molecule has 0 saturated carbocycles. The van der Waals surface area contributed by atoms with Crippen molar-refractivity contribution in [2.75, 3.05) is 17.2 Å². The molecule has 20 heavy (non-hydrogen) atoms. The van der Waals surface area contributed by atoms with E-state index >= 15 is 0 Å². The largest absolute Gasteiger partial charge is 0.480 e. The van der Waals surface area contributed by atoms with Gasteiger partial charge in [-0.2, -0.15) is 5.10 Å². The first-order chi connectivity index (χ1) is 9.45. The molecule has 0 spiro atoms. The predicted molar refractivity (Wildman–Crippen MR) is 73.5 cm³/mol. The molecule has 1 fully saturated rings. The van der Waals surface area contributed by atoms with Gasteiger partial charge in [-0.1, -0.05) is 11.8 Å². The molecule has 1 atom stereocenters. The van der Waals surface area contributed by atoms with Crippen molar-refractivity contribution in [1.82, 2.24) is 9.78 Å². The molecule has 0 aromatic carbocycles. The number of hydrogen-bond donors (Lipinski definition) is 1. The Morgan fingerprint density at radius 2 is 2.30 bits per heavy atom. The van der Waals surface area contributed by atoms with E-state index in [1.807, 2.05) is 0 Å². The minimum Gasteiger partial charge on any atom is -0.480 e. The Hall–Kier alpha value is -1.83. The summed E-state index contributed by atoms with van der Waals surface area (Å²) in [7, 11) is 0. The van der Waals surface area contributed by atoms with Crippen LogP contribution in [0.25, 0.3) is 0 Å². The Morgan fingerprint density at radius 1 is 1.55 bits per heavy atom. The molecule has 1 aromatic heterocycles. The second-order valence-corrected chi connectivity index (χ2v) is 5.86. The van der Waals surface area contributed by atoms with Crippen molar-refractivity contribution < 1.29 is 19.5 Å². The van der Waals surface area contributed by atoms with Crippen molar-refractivity contribution in [2.24, 2.45) is 5.92 Å². The van der Waals surface area contributed by atoms with Crippen LogP contribution in [0.4, 0.5) is 5.69 Å². The van der Waals surface area contributed by atoms with Crippen LogP contribution in [-0.4, -0.2) is 44.2 Å². The van der Waals surface area contributed by atoms with Crippen LogP contribution in [0.2, 0.25) is 0 Å². The van der Waals surface area contributed by atoms with E-state index in [0.29, 0.717) is 24.4 Å². The lowest BCUT2D eigenvalue weighted by Crippen LogP contribution is -2.24. The summed E-state index contributed by atoms with van der Waals surface area (Å²) in [5.74, 6) is -0.239. The molecule has 1 aromatic rings. The third kappa shape index (κ3) is 3.60. The maximum absolute atomic E-state index is 11.9. The van der Waals surface area contributed by atoms with Crippen LogP contribution in [0.1, 0.15) is 13.3 Å². The molecule has 8 heteroatoms. The Kier molecular flexibility index (Phi) is 4.43. The van der Waals surface area contributed by atoms with Gasteiger partial charge < -0.3 is 10.0 Å². The number of amides is 1. The molecule has 0 bridgehead atoms. The van der Waals surface area contributed by atoms with Crippen molar-refractivity contribution in [3.63, 3.8) is 0 Å². The summed E-state index contributed by atoms with van der Waals surface area (Å²) in [5.41, 5.74) is 0.603. The monoisotopic (exact) mass is 297 g/mol. The van der Waals surface area contributed by atoms with Crippen molar-refractivity contribution in [3.05, 3.63) is 12.4 Å². The van der Waals surface area contributed by atoms with Crippen LogP contribution < -0.4 is 4.90 Å². The number of hydrogen-bond acceptors (Lipinski definition) is 5. The quantitative estimate of drug-likeness (QED) is 0.855. The van der Waals surface area contributed by atoms with Crippen molar-refractivity contribution >= 4 is 34.4 Å². The lowest BCUT2D eigenvalue weighted by Gasteiger charge is -2.13. The van der Waals surface area contributed by atoms with Crippen LogP contribution in [0, 0.1) is 5.92 Å². The molecule has 1 unspecified atom stereocenters. The minimum absolute atomic E-state index is 0.0194. The van der Waals surface area contributed by atoms with Gasteiger partial charge in [0.2, 0.25) is 5.91 Å². The van der Waals surface area contributed by atoms with E-state index in [0.717, 1.165) is 0 Å². The van der Waals surface area contributed by atoms with E-state index in [2.05, 4.69) is 5.10 Å². The molecule has 1 amide bonds. The second kappa shape index (κ2) is 6.08. The number of carboxylic acid groups (broad SMARTS) is 1. The number of carbonyl (C=O) groups is 3. The number of aromatic nitrogens is 2. The summed E-state index contributed by atoms with van der Waals surface area (Å²) < 4.78 is 1.28. The zero-order valence-electron chi connectivity index (χ0n) is 11.0. The minimum atomic E-state index is -0.983. The van der Waals surface area contributed by atoms with Gasteiger partial charge in [-0.25, -0.2) is 0 Å². The summed E-state index contributed by atoms with van der Waals surface area (Å²) in [6, 6.07) is 0. The summed E-state index contributed by atoms with van der Waals surface area (Å²) >= 11 is 1.23. The standard InChI is InChI=1S/C12H15N3O4S/c1-8(16)20-7-9-2-11(17)15(4-9)10-3-13-14(5-10)6-12(18)19/h3,5,9H,2,4,6-7H2,1H3,(H,18,19). The Labute approximate surface area is 119 Å². The molecule has 2 rings (SSSR count). The average molecular weight is 297 g/mol. The summed E-state index contributed by atoms with van der Waals surface area (Å²) in [6.45, 7) is 1.82. The molecule has 2 heterocycles. The van der Waals surface area contributed by atoms with E-state index in [4.69, 9.17) is 5.11 Å². The van der Waals surface area contributed by atoms with Gasteiger partial charge in [0, 0.05) is 31.8 Å². The van der Waals surface area contributed by atoms with Gasteiger partial charge in [0.15, 0.2) is 5.12 Å². The number of carboxylic acids is 1. The SMILES string of the molecule is CC(=O)SCC1CC(=O)N(c2cnn(CC(=O)O)c2)C1. The number of rotatable bonds is 5. The number of carbonyl (C=O) groups excluding carboxylic acids is 2. The Bertz CT molecular complexity index is 543. The van der Waals surface area contributed by atoms with Crippen LogP contribution >= 0.6 is 11.8 Å². The van der Waals surface area contributed by atoms with E-state index in [1.165, 1.54) is 29.6 Å². The predicted octanol–water partition coefficient (Wildman–Crippen LogP) is 0.600. The number of aliphatic carboxylic acids is 1. The molecule has 1 aliphatic rings. The lowest BCUT2D eigenvalue weighted by atomic mass is 10.1. The van der Waals surface area contributed by atoms with Gasteiger partial charge >= 0.3 is 5.97 Å². The Morgan fingerprint density at radius 3 is 2.95 bits per heavy atom. The normalized spacial score (nSPS) is 18.6. The first-order valence-corrected chi connectivity index (χ1v) is 7.12. The summed E-state index contributed by atoms with van der Waals surface area (Å²) in [4.78, 5) is 35.1. The maximum Gasteiger partial charge on any atom is 0.325 e.